The molecule has 0 aliphatic carbocycles. The van der Waals surface area contributed by atoms with Gasteiger partial charge in [-0.25, -0.2) is 0 Å². The van der Waals surface area contributed by atoms with E-state index >= 15 is 0 Å². The first-order valence-corrected chi connectivity index (χ1v) is 6.68. The Kier molecular flexibility index (Phi) is 5.67. The van der Waals surface area contributed by atoms with Crippen molar-refractivity contribution in [1.82, 2.24) is 9.99 Å². The van der Waals surface area contributed by atoms with Crippen molar-refractivity contribution in [2.24, 2.45) is 0 Å². The van der Waals surface area contributed by atoms with Crippen LogP contribution in [0.5, 0.6) is 0 Å². The Labute approximate surface area is 107 Å². The SMILES string of the molecule is C=C(NC)C1Cc2ccccc2CN1P.CC. The zero-order valence-electron chi connectivity index (χ0n) is 11.0. The van der Waals surface area contributed by atoms with Crippen molar-refractivity contribution < 1.29 is 0 Å². The van der Waals surface area contributed by atoms with Crippen molar-refractivity contribution in [3.05, 3.63) is 47.7 Å². The van der Waals surface area contributed by atoms with E-state index in [4.69, 9.17) is 0 Å². The molecule has 2 rings (SSSR count). The van der Waals surface area contributed by atoms with E-state index in [0.29, 0.717) is 6.04 Å². The van der Waals surface area contributed by atoms with Crippen molar-refractivity contribution in [1.29, 1.82) is 0 Å². The summed E-state index contributed by atoms with van der Waals surface area (Å²) in [4.78, 5) is 0. The molecule has 17 heavy (non-hydrogen) atoms. The van der Waals surface area contributed by atoms with E-state index in [-0.39, 0.29) is 0 Å². The minimum Gasteiger partial charge on any atom is -0.391 e. The molecular weight excluding hydrogens is 227 g/mol. The highest BCUT2D eigenvalue weighted by molar-refractivity contribution is 7.13. The van der Waals surface area contributed by atoms with Crippen molar-refractivity contribution in [2.45, 2.75) is 32.9 Å². The van der Waals surface area contributed by atoms with Gasteiger partial charge < -0.3 is 5.32 Å². The average Bonchev–Trinajstić information content (AvgIpc) is 2.39. The smallest absolute Gasteiger partial charge is 0.0564 e. The zero-order valence-corrected chi connectivity index (χ0v) is 12.2. The lowest BCUT2D eigenvalue weighted by Crippen LogP contribution is -2.38. The minimum absolute atomic E-state index is 0.384. The van der Waals surface area contributed by atoms with Crippen LogP contribution in [-0.2, 0) is 13.0 Å². The first-order valence-electron chi connectivity index (χ1n) is 6.17. The summed E-state index contributed by atoms with van der Waals surface area (Å²) in [5.41, 5.74) is 3.95. The maximum Gasteiger partial charge on any atom is 0.0564 e. The third-order valence-electron chi connectivity index (χ3n) is 3.01. The highest BCUT2D eigenvalue weighted by Gasteiger charge is 2.24. The number of nitrogens with zero attached hydrogens (tertiary/aromatic N) is 1. The highest BCUT2D eigenvalue weighted by atomic mass is 31.0. The van der Waals surface area contributed by atoms with Gasteiger partial charge in [0, 0.05) is 19.3 Å². The van der Waals surface area contributed by atoms with Gasteiger partial charge in [0.1, 0.15) is 0 Å². The normalized spacial score (nSPS) is 18.7. The van der Waals surface area contributed by atoms with Crippen LogP contribution in [0.2, 0.25) is 0 Å². The third-order valence-corrected chi connectivity index (χ3v) is 3.55. The molecule has 2 nitrogen and oxygen atoms in total. The Morgan fingerprint density at radius 1 is 1.35 bits per heavy atom. The van der Waals surface area contributed by atoms with Gasteiger partial charge in [-0.3, -0.25) is 4.67 Å². The van der Waals surface area contributed by atoms with E-state index in [1.54, 1.807) is 0 Å². The fraction of sp³-hybridized carbons (Fsp3) is 0.429. The van der Waals surface area contributed by atoms with Crippen LogP contribution in [0.4, 0.5) is 0 Å². The molecule has 2 atom stereocenters. The topological polar surface area (TPSA) is 15.3 Å². The number of benzene rings is 1. The predicted octanol–water partition coefficient (Wildman–Crippen LogP) is 2.96. The Morgan fingerprint density at radius 2 is 1.94 bits per heavy atom. The van der Waals surface area contributed by atoms with Gasteiger partial charge in [0.15, 0.2) is 0 Å². The molecule has 2 unspecified atom stereocenters. The van der Waals surface area contributed by atoms with Crippen LogP contribution in [0.25, 0.3) is 0 Å². The summed E-state index contributed by atoms with van der Waals surface area (Å²) in [7, 11) is 4.73. The van der Waals surface area contributed by atoms with Crippen molar-refractivity contribution in [3.63, 3.8) is 0 Å². The van der Waals surface area contributed by atoms with E-state index in [2.05, 4.69) is 50.2 Å². The molecule has 1 aliphatic rings. The molecule has 94 valence electrons. The van der Waals surface area contributed by atoms with Crippen LogP contribution in [-0.4, -0.2) is 17.8 Å². The van der Waals surface area contributed by atoms with Crippen LogP contribution in [0, 0.1) is 0 Å². The van der Waals surface area contributed by atoms with Gasteiger partial charge in [-0.1, -0.05) is 54.1 Å². The lowest BCUT2D eigenvalue weighted by molar-refractivity contribution is 0.348. The lowest BCUT2D eigenvalue weighted by atomic mass is 9.94. The average molecular weight is 250 g/mol. The lowest BCUT2D eigenvalue weighted by Gasteiger charge is -2.34. The molecule has 1 N–H and O–H groups in total. The fourth-order valence-corrected chi connectivity index (χ4v) is 2.52. The molecule has 1 heterocycles. The molecule has 0 amide bonds. The highest BCUT2D eigenvalue weighted by Crippen LogP contribution is 2.27. The van der Waals surface area contributed by atoms with Crippen LogP contribution in [0.15, 0.2) is 36.5 Å². The van der Waals surface area contributed by atoms with Gasteiger partial charge in [0.05, 0.1) is 6.04 Å². The maximum atomic E-state index is 4.05. The van der Waals surface area contributed by atoms with Gasteiger partial charge in [-0.15, -0.1) is 0 Å². The Bertz CT molecular complexity index is 376. The molecule has 0 radical (unpaired) electrons. The van der Waals surface area contributed by atoms with E-state index in [0.717, 1.165) is 18.7 Å². The second-order valence-electron chi connectivity index (χ2n) is 3.94. The third kappa shape index (κ3) is 3.31. The number of fused-ring (bicyclic) bond motifs is 1. The minimum atomic E-state index is 0.384. The first-order chi connectivity index (χ1) is 8.22. The second-order valence-corrected chi connectivity index (χ2v) is 4.60. The first kappa shape index (κ1) is 14.2. The molecule has 0 spiro atoms. The van der Waals surface area contributed by atoms with E-state index in [1.165, 1.54) is 11.1 Å². The number of hydrogen-bond donors (Lipinski definition) is 1. The zero-order chi connectivity index (χ0) is 12.8. The molecule has 0 bridgehead atoms. The molecule has 1 aromatic carbocycles. The summed E-state index contributed by atoms with van der Waals surface area (Å²) in [5.74, 6) is 0. The summed E-state index contributed by atoms with van der Waals surface area (Å²) in [6.07, 6.45) is 1.04. The largest absolute Gasteiger partial charge is 0.391 e. The van der Waals surface area contributed by atoms with Crippen LogP contribution < -0.4 is 5.32 Å². The Morgan fingerprint density at radius 3 is 2.53 bits per heavy atom. The predicted molar refractivity (Wildman–Crippen MR) is 78.7 cm³/mol. The van der Waals surface area contributed by atoms with Crippen molar-refractivity contribution in [3.8, 4) is 0 Å². The summed E-state index contributed by atoms with van der Waals surface area (Å²) in [5, 5.41) is 3.15. The van der Waals surface area contributed by atoms with Crippen LogP contribution in [0.3, 0.4) is 0 Å². The molecular formula is C14H23N2P. The Hall–Kier alpha value is -0.850. The van der Waals surface area contributed by atoms with Gasteiger partial charge >= 0.3 is 0 Å². The van der Waals surface area contributed by atoms with Crippen molar-refractivity contribution >= 4 is 9.39 Å². The van der Waals surface area contributed by atoms with Gasteiger partial charge in [0.25, 0.3) is 0 Å². The van der Waals surface area contributed by atoms with Gasteiger partial charge in [-0.05, 0) is 17.5 Å². The van der Waals surface area contributed by atoms with Crippen molar-refractivity contribution in [2.75, 3.05) is 7.05 Å². The van der Waals surface area contributed by atoms with Gasteiger partial charge in [0.2, 0.25) is 0 Å². The quantitative estimate of drug-likeness (QED) is 0.812. The molecule has 0 saturated carbocycles. The van der Waals surface area contributed by atoms with E-state index in [9.17, 15) is 0 Å². The monoisotopic (exact) mass is 250 g/mol. The molecule has 0 saturated heterocycles. The summed E-state index contributed by atoms with van der Waals surface area (Å²) >= 11 is 0. The molecule has 0 fully saturated rings. The summed E-state index contributed by atoms with van der Waals surface area (Å²) < 4.78 is 2.27. The van der Waals surface area contributed by atoms with E-state index < -0.39 is 0 Å². The Balaban J connectivity index is 0.000000686. The number of hydrogen-bond acceptors (Lipinski definition) is 2. The number of rotatable bonds is 2. The molecule has 3 heteroatoms. The van der Waals surface area contributed by atoms with Crippen LogP contribution >= 0.6 is 9.39 Å². The second kappa shape index (κ2) is 6.78. The standard InChI is InChI=1S/C12H17N2P.C2H6/c1-9(13-2)12-7-10-5-3-4-6-11(10)8-14(12)15;1-2/h3-6,12-13H,1,7-8,15H2,2H3;1-2H3. The molecule has 1 aromatic rings. The van der Waals surface area contributed by atoms with Gasteiger partial charge in [-0.2, -0.15) is 0 Å². The summed E-state index contributed by atoms with van der Waals surface area (Å²) in [6.45, 7) is 9.03. The summed E-state index contributed by atoms with van der Waals surface area (Å²) in [6, 6.07) is 9.00. The molecule has 1 aliphatic heterocycles. The maximum absolute atomic E-state index is 4.05. The van der Waals surface area contributed by atoms with E-state index in [1.807, 2.05) is 20.9 Å². The molecule has 0 aromatic heterocycles. The van der Waals surface area contributed by atoms with Crippen LogP contribution in [0.1, 0.15) is 25.0 Å². The fourth-order valence-electron chi connectivity index (χ4n) is 2.03. The number of likely N-dealkylation sites (N-methyl/N-ethyl adjacent to an activating group) is 1. The number of nitrogens with one attached hydrogen (secondary N) is 1.